The van der Waals surface area contributed by atoms with Crippen molar-refractivity contribution in [2.45, 2.75) is 13.8 Å². The molecule has 0 saturated carbocycles. The van der Waals surface area contributed by atoms with Gasteiger partial charge < -0.3 is 16.4 Å². The van der Waals surface area contributed by atoms with Gasteiger partial charge in [0, 0.05) is 25.0 Å². The Morgan fingerprint density at radius 1 is 1.41 bits per heavy atom. The largest absolute Gasteiger partial charge is 0.399 e. The molecule has 4 nitrogen and oxygen atoms in total. The zero-order valence-electron chi connectivity index (χ0n) is 10.5. The molecule has 1 rings (SSSR count). The first-order chi connectivity index (χ1) is 8.04. The fourth-order valence-corrected chi connectivity index (χ4v) is 1.41. The average Bonchev–Trinajstić information content (AvgIpc) is 2.28. The van der Waals surface area contributed by atoms with Crippen molar-refractivity contribution in [1.82, 2.24) is 5.32 Å². The molecule has 0 aliphatic rings. The number of hydrogen-bond acceptors (Lipinski definition) is 3. The molecule has 0 bridgehead atoms. The first-order valence-electron chi connectivity index (χ1n) is 5.53. The molecule has 0 heterocycles. The van der Waals surface area contributed by atoms with Crippen LogP contribution >= 0.6 is 0 Å². The first-order valence-corrected chi connectivity index (χ1v) is 5.53. The number of nitrogen functional groups attached to an aromatic ring is 1. The number of carbonyl (C=O) groups excluding carboxylic acids is 1. The van der Waals surface area contributed by atoms with Gasteiger partial charge in [-0.3, -0.25) is 4.79 Å². The van der Waals surface area contributed by atoms with Gasteiger partial charge in [-0.1, -0.05) is 11.6 Å². The van der Waals surface area contributed by atoms with Crippen LogP contribution in [0.3, 0.4) is 0 Å². The molecule has 17 heavy (non-hydrogen) atoms. The third-order valence-corrected chi connectivity index (χ3v) is 2.32. The van der Waals surface area contributed by atoms with Crippen LogP contribution in [0.5, 0.6) is 0 Å². The van der Waals surface area contributed by atoms with Crippen LogP contribution in [-0.4, -0.2) is 19.5 Å². The molecule has 1 aromatic carbocycles. The SMILES string of the molecule is CNC(=O)c1ccc(N)cc1NCC=C(C)C. The maximum atomic E-state index is 11.6. The Bertz CT molecular complexity index is 434. The van der Waals surface area contributed by atoms with Crippen LogP contribution in [0.4, 0.5) is 11.4 Å². The lowest BCUT2D eigenvalue weighted by Crippen LogP contribution is -2.19. The van der Waals surface area contributed by atoms with E-state index in [2.05, 4.69) is 16.7 Å². The van der Waals surface area contributed by atoms with Crippen molar-refractivity contribution in [1.29, 1.82) is 0 Å². The van der Waals surface area contributed by atoms with Gasteiger partial charge in [-0.25, -0.2) is 0 Å². The van der Waals surface area contributed by atoms with E-state index in [4.69, 9.17) is 5.73 Å². The summed E-state index contributed by atoms with van der Waals surface area (Å²) in [6.45, 7) is 4.73. The van der Waals surface area contributed by atoms with Crippen LogP contribution in [0, 0.1) is 0 Å². The molecule has 0 spiro atoms. The molecule has 0 unspecified atom stereocenters. The van der Waals surface area contributed by atoms with Crippen molar-refractivity contribution in [2.24, 2.45) is 0 Å². The molecule has 0 saturated heterocycles. The molecule has 0 aromatic heterocycles. The molecule has 92 valence electrons. The second-order valence-corrected chi connectivity index (χ2v) is 4.05. The topological polar surface area (TPSA) is 67.2 Å². The monoisotopic (exact) mass is 233 g/mol. The Kier molecular flexibility index (Phi) is 4.57. The van der Waals surface area contributed by atoms with Crippen LogP contribution in [-0.2, 0) is 0 Å². The smallest absolute Gasteiger partial charge is 0.253 e. The van der Waals surface area contributed by atoms with Gasteiger partial charge in [0.15, 0.2) is 0 Å². The molecule has 1 aromatic rings. The predicted molar refractivity (Wildman–Crippen MR) is 72.2 cm³/mol. The van der Waals surface area contributed by atoms with E-state index in [9.17, 15) is 4.79 Å². The van der Waals surface area contributed by atoms with E-state index in [1.165, 1.54) is 5.57 Å². The number of benzene rings is 1. The normalized spacial score (nSPS) is 9.59. The number of allylic oxidation sites excluding steroid dienone is 1. The lowest BCUT2D eigenvalue weighted by atomic mass is 10.1. The fraction of sp³-hybridized carbons (Fsp3) is 0.308. The van der Waals surface area contributed by atoms with Crippen LogP contribution in [0.2, 0.25) is 0 Å². The van der Waals surface area contributed by atoms with Crippen molar-refractivity contribution in [2.75, 3.05) is 24.6 Å². The minimum Gasteiger partial charge on any atom is -0.399 e. The Morgan fingerprint density at radius 3 is 2.71 bits per heavy atom. The highest BCUT2D eigenvalue weighted by Gasteiger charge is 2.09. The number of amides is 1. The summed E-state index contributed by atoms with van der Waals surface area (Å²) < 4.78 is 0. The van der Waals surface area contributed by atoms with E-state index in [1.54, 1.807) is 25.2 Å². The van der Waals surface area contributed by atoms with Gasteiger partial charge in [-0.2, -0.15) is 0 Å². The van der Waals surface area contributed by atoms with Gasteiger partial charge in [0.05, 0.1) is 5.56 Å². The quantitative estimate of drug-likeness (QED) is 0.550. The molecule has 0 aliphatic heterocycles. The van der Waals surface area contributed by atoms with Crippen molar-refractivity contribution in [3.05, 3.63) is 35.4 Å². The first kappa shape index (κ1) is 13.1. The van der Waals surface area contributed by atoms with Crippen molar-refractivity contribution >= 4 is 17.3 Å². The number of hydrogen-bond donors (Lipinski definition) is 3. The standard InChI is InChI=1S/C13H19N3O/c1-9(2)6-7-16-12-8-10(14)4-5-11(12)13(17)15-3/h4-6,8,16H,7,14H2,1-3H3,(H,15,17). The molecule has 0 atom stereocenters. The molecule has 0 fully saturated rings. The molecule has 0 aliphatic carbocycles. The predicted octanol–water partition coefficient (Wildman–Crippen LogP) is 2.01. The van der Waals surface area contributed by atoms with E-state index in [-0.39, 0.29) is 5.91 Å². The van der Waals surface area contributed by atoms with Crippen LogP contribution in [0.1, 0.15) is 24.2 Å². The van der Waals surface area contributed by atoms with Crippen LogP contribution in [0.15, 0.2) is 29.8 Å². The highest BCUT2D eigenvalue weighted by Crippen LogP contribution is 2.19. The molecule has 1 amide bonds. The third-order valence-electron chi connectivity index (χ3n) is 2.32. The number of nitrogens with two attached hydrogens (primary N) is 1. The maximum Gasteiger partial charge on any atom is 0.253 e. The van der Waals surface area contributed by atoms with Gasteiger partial charge in [-0.15, -0.1) is 0 Å². The summed E-state index contributed by atoms with van der Waals surface area (Å²) in [6, 6.07) is 5.21. The third kappa shape index (κ3) is 3.83. The lowest BCUT2D eigenvalue weighted by Gasteiger charge is -2.10. The highest BCUT2D eigenvalue weighted by molar-refractivity contribution is 6.00. The summed E-state index contributed by atoms with van der Waals surface area (Å²) in [7, 11) is 1.61. The zero-order chi connectivity index (χ0) is 12.8. The van der Waals surface area contributed by atoms with E-state index in [0.29, 0.717) is 17.8 Å². The summed E-state index contributed by atoms with van der Waals surface area (Å²) in [5.41, 5.74) is 8.93. The summed E-state index contributed by atoms with van der Waals surface area (Å²) in [6.07, 6.45) is 2.05. The molecule has 4 heteroatoms. The average molecular weight is 233 g/mol. The van der Waals surface area contributed by atoms with Gasteiger partial charge >= 0.3 is 0 Å². The molecule has 0 radical (unpaired) electrons. The van der Waals surface area contributed by atoms with Crippen LogP contribution < -0.4 is 16.4 Å². The molecule has 4 N–H and O–H groups in total. The zero-order valence-corrected chi connectivity index (χ0v) is 10.5. The summed E-state index contributed by atoms with van der Waals surface area (Å²) in [4.78, 5) is 11.6. The lowest BCUT2D eigenvalue weighted by molar-refractivity contribution is 0.0964. The molecular weight excluding hydrogens is 214 g/mol. The van der Waals surface area contributed by atoms with E-state index in [1.807, 2.05) is 13.8 Å². The number of anilines is 2. The van der Waals surface area contributed by atoms with Crippen molar-refractivity contribution < 1.29 is 4.79 Å². The van der Waals surface area contributed by atoms with Crippen molar-refractivity contribution in [3.63, 3.8) is 0 Å². The second-order valence-electron chi connectivity index (χ2n) is 4.05. The Hall–Kier alpha value is -1.97. The van der Waals surface area contributed by atoms with E-state index < -0.39 is 0 Å². The maximum absolute atomic E-state index is 11.6. The minimum absolute atomic E-state index is 0.121. The van der Waals surface area contributed by atoms with E-state index >= 15 is 0 Å². The van der Waals surface area contributed by atoms with Crippen LogP contribution in [0.25, 0.3) is 0 Å². The number of carbonyl (C=O) groups is 1. The molecular formula is C13H19N3O. The Balaban J connectivity index is 2.91. The van der Waals surface area contributed by atoms with Gasteiger partial charge in [0.1, 0.15) is 0 Å². The summed E-state index contributed by atoms with van der Waals surface area (Å²) in [5, 5.41) is 5.79. The van der Waals surface area contributed by atoms with Crippen molar-refractivity contribution in [3.8, 4) is 0 Å². The summed E-state index contributed by atoms with van der Waals surface area (Å²) in [5.74, 6) is -0.121. The Labute approximate surface area is 102 Å². The van der Waals surface area contributed by atoms with E-state index in [0.717, 1.165) is 5.69 Å². The number of nitrogens with one attached hydrogen (secondary N) is 2. The second kappa shape index (κ2) is 5.94. The van der Waals surface area contributed by atoms with Gasteiger partial charge in [0.2, 0.25) is 0 Å². The Morgan fingerprint density at radius 2 is 2.12 bits per heavy atom. The van der Waals surface area contributed by atoms with Gasteiger partial charge in [-0.05, 0) is 32.0 Å². The minimum atomic E-state index is -0.121. The fourth-order valence-electron chi connectivity index (χ4n) is 1.41. The number of rotatable bonds is 4. The summed E-state index contributed by atoms with van der Waals surface area (Å²) >= 11 is 0. The highest BCUT2D eigenvalue weighted by atomic mass is 16.1. The van der Waals surface area contributed by atoms with Gasteiger partial charge in [0.25, 0.3) is 5.91 Å².